The van der Waals surface area contributed by atoms with Crippen molar-refractivity contribution in [1.82, 2.24) is 16.0 Å². The van der Waals surface area contributed by atoms with E-state index in [9.17, 15) is 9.90 Å². The summed E-state index contributed by atoms with van der Waals surface area (Å²) in [7, 11) is 0. The van der Waals surface area contributed by atoms with Crippen molar-refractivity contribution in [2.45, 2.75) is 65.7 Å². The first-order valence-electron chi connectivity index (χ1n) is 10.5. The van der Waals surface area contributed by atoms with Gasteiger partial charge in [-0.1, -0.05) is 33.1 Å². The predicted octanol–water partition coefficient (Wildman–Crippen LogP) is 2.90. The van der Waals surface area contributed by atoms with E-state index in [0.29, 0.717) is 31.5 Å². The van der Waals surface area contributed by atoms with Gasteiger partial charge in [-0.05, 0) is 44.4 Å². The number of guanidine groups is 1. The van der Waals surface area contributed by atoms with Crippen molar-refractivity contribution in [3.05, 3.63) is 0 Å². The SMILES string of the molecule is CCNC(=NCC(CCO)CC(C)C)NCCNC(=O)C1CCCCC1.I. The number of hydrogen-bond acceptors (Lipinski definition) is 3. The molecular weight excluding hydrogens is 455 g/mol. The van der Waals surface area contributed by atoms with Crippen LogP contribution in [0.1, 0.15) is 65.7 Å². The number of hydrogen-bond donors (Lipinski definition) is 4. The van der Waals surface area contributed by atoms with Crippen LogP contribution in [-0.2, 0) is 4.79 Å². The van der Waals surface area contributed by atoms with E-state index in [0.717, 1.165) is 38.2 Å². The summed E-state index contributed by atoms with van der Waals surface area (Å²) in [5, 5.41) is 18.8. The van der Waals surface area contributed by atoms with E-state index >= 15 is 0 Å². The molecule has 160 valence electrons. The average molecular weight is 496 g/mol. The van der Waals surface area contributed by atoms with Crippen LogP contribution >= 0.6 is 24.0 Å². The Morgan fingerprint density at radius 2 is 1.78 bits per heavy atom. The molecule has 7 heteroatoms. The smallest absolute Gasteiger partial charge is 0.223 e. The minimum Gasteiger partial charge on any atom is -0.396 e. The van der Waals surface area contributed by atoms with E-state index in [1.165, 1.54) is 19.3 Å². The molecule has 1 fully saturated rings. The van der Waals surface area contributed by atoms with Crippen molar-refractivity contribution in [3.8, 4) is 0 Å². The van der Waals surface area contributed by atoms with Crippen LogP contribution in [0.3, 0.4) is 0 Å². The molecule has 1 aliphatic carbocycles. The molecule has 27 heavy (non-hydrogen) atoms. The van der Waals surface area contributed by atoms with Gasteiger partial charge >= 0.3 is 0 Å². The van der Waals surface area contributed by atoms with E-state index in [1.54, 1.807) is 0 Å². The maximum atomic E-state index is 12.1. The Hall–Kier alpha value is -0.570. The molecule has 1 rings (SSSR count). The van der Waals surface area contributed by atoms with Crippen LogP contribution < -0.4 is 16.0 Å². The zero-order valence-corrected chi connectivity index (χ0v) is 19.8. The van der Waals surface area contributed by atoms with Crippen LogP contribution in [0, 0.1) is 17.8 Å². The summed E-state index contributed by atoms with van der Waals surface area (Å²) in [6, 6.07) is 0. The molecule has 1 amide bonds. The number of carbonyl (C=O) groups is 1. The Balaban J connectivity index is 0.00000676. The van der Waals surface area contributed by atoms with Crippen molar-refractivity contribution in [2.24, 2.45) is 22.7 Å². The van der Waals surface area contributed by atoms with Gasteiger partial charge in [-0.2, -0.15) is 0 Å². The van der Waals surface area contributed by atoms with Crippen LogP contribution in [0.15, 0.2) is 4.99 Å². The number of halogens is 1. The fraction of sp³-hybridized carbons (Fsp3) is 0.900. The van der Waals surface area contributed by atoms with Crippen LogP contribution in [0.5, 0.6) is 0 Å². The highest BCUT2D eigenvalue weighted by atomic mass is 127. The van der Waals surface area contributed by atoms with Crippen LogP contribution in [0.25, 0.3) is 0 Å². The normalized spacial score (nSPS) is 16.6. The largest absolute Gasteiger partial charge is 0.396 e. The zero-order chi connectivity index (χ0) is 19.2. The summed E-state index contributed by atoms with van der Waals surface area (Å²) >= 11 is 0. The highest BCUT2D eigenvalue weighted by Gasteiger charge is 2.20. The lowest BCUT2D eigenvalue weighted by Crippen LogP contribution is -2.43. The second-order valence-corrected chi connectivity index (χ2v) is 7.78. The molecule has 0 heterocycles. The molecule has 0 radical (unpaired) electrons. The molecule has 4 N–H and O–H groups in total. The summed E-state index contributed by atoms with van der Waals surface area (Å²) in [6.45, 7) is 9.45. The monoisotopic (exact) mass is 496 g/mol. The predicted molar refractivity (Wildman–Crippen MR) is 124 cm³/mol. The first-order chi connectivity index (χ1) is 12.6. The first kappa shape index (κ1) is 26.4. The van der Waals surface area contributed by atoms with Gasteiger partial charge in [0, 0.05) is 38.7 Å². The third-order valence-electron chi connectivity index (χ3n) is 4.89. The zero-order valence-electron chi connectivity index (χ0n) is 17.4. The minimum atomic E-state index is 0. The molecule has 1 saturated carbocycles. The molecule has 0 spiro atoms. The molecule has 0 aromatic carbocycles. The summed E-state index contributed by atoms with van der Waals surface area (Å²) in [5.41, 5.74) is 0. The van der Waals surface area contributed by atoms with Crippen molar-refractivity contribution in [1.29, 1.82) is 0 Å². The summed E-state index contributed by atoms with van der Waals surface area (Å²) in [6.07, 6.45) is 7.55. The van der Waals surface area contributed by atoms with E-state index in [4.69, 9.17) is 0 Å². The Kier molecular flexibility index (Phi) is 16.0. The number of carbonyl (C=O) groups excluding carboxylic acids is 1. The summed E-state index contributed by atoms with van der Waals surface area (Å²) in [5.74, 6) is 2.20. The number of aliphatic hydroxyl groups excluding tert-OH is 1. The minimum absolute atomic E-state index is 0. The van der Waals surface area contributed by atoms with Crippen LogP contribution in [-0.4, -0.2) is 49.8 Å². The lowest BCUT2D eigenvalue weighted by molar-refractivity contribution is -0.125. The molecule has 0 saturated heterocycles. The van der Waals surface area contributed by atoms with Crippen LogP contribution in [0.4, 0.5) is 0 Å². The summed E-state index contributed by atoms with van der Waals surface area (Å²) < 4.78 is 0. The third-order valence-corrected chi connectivity index (χ3v) is 4.89. The van der Waals surface area contributed by atoms with Crippen LogP contribution in [0.2, 0.25) is 0 Å². The fourth-order valence-electron chi connectivity index (χ4n) is 3.57. The standard InChI is InChI=1S/C20H40N4O2.HI/c1-4-21-20(24-15-17(10-13-25)14-16(2)3)23-12-11-22-19(26)18-8-6-5-7-9-18;/h16-18,25H,4-15H2,1-3H3,(H,22,26)(H2,21,23,24);1H. The Bertz CT molecular complexity index is 413. The highest BCUT2D eigenvalue weighted by Crippen LogP contribution is 2.23. The van der Waals surface area contributed by atoms with Gasteiger partial charge in [0.2, 0.25) is 5.91 Å². The lowest BCUT2D eigenvalue weighted by atomic mass is 9.89. The number of nitrogens with zero attached hydrogens (tertiary/aromatic N) is 1. The summed E-state index contributed by atoms with van der Waals surface area (Å²) in [4.78, 5) is 16.8. The van der Waals surface area contributed by atoms with Gasteiger partial charge in [-0.15, -0.1) is 24.0 Å². The second kappa shape index (κ2) is 16.4. The lowest BCUT2D eigenvalue weighted by Gasteiger charge is -2.21. The molecule has 1 atom stereocenters. The molecular formula is C20H41IN4O2. The average Bonchev–Trinajstić information content (AvgIpc) is 2.63. The van der Waals surface area contributed by atoms with Gasteiger partial charge in [0.05, 0.1) is 0 Å². The number of nitrogens with one attached hydrogen (secondary N) is 3. The van der Waals surface area contributed by atoms with E-state index in [2.05, 4.69) is 34.8 Å². The molecule has 0 aliphatic heterocycles. The Morgan fingerprint density at radius 1 is 1.11 bits per heavy atom. The number of amides is 1. The van der Waals surface area contributed by atoms with E-state index in [-0.39, 0.29) is 42.4 Å². The molecule has 1 unspecified atom stereocenters. The van der Waals surface area contributed by atoms with Crippen molar-refractivity contribution < 1.29 is 9.90 Å². The molecule has 6 nitrogen and oxygen atoms in total. The number of aliphatic imine (C=N–C) groups is 1. The molecule has 0 aromatic heterocycles. The van der Waals surface area contributed by atoms with Gasteiger partial charge in [-0.25, -0.2) is 0 Å². The van der Waals surface area contributed by atoms with Crippen molar-refractivity contribution >= 4 is 35.8 Å². The van der Waals surface area contributed by atoms with E-state index < -0.39 is 0 Å². The van der Waals surface area contributed by atoms with Gasteiger partial charge in [0.15, 0.2) is 5.96 Å². The van der Waals surface area contributed by atoms with Gasteiger partial charge in [0.25, 0.3) is 0 Å². The van der Waals surface area contributed by atoms with Gasteiger partial charge < -0.3 is 21.1 Å². The maximum Gasteiger partial charge on any atom is 0.223 e. The van der Waals surface area contributed by atoms with E-state index in [1.807, 2.05) is 6.92 Å². The molecule has 1 aliphatic rings. The number of aliphatic hydroxyl groups is 1. The second-order valence-electron chi connectivity index (χ2n) is 7.78. The van der Waals surface area contributed by atoms with Crippen molar-refractivity contribution in [3.63, 3.8) is 0 Å². The molecule has 0 bridgehead atoms. The third kappa shape index (κ3) is 12.5. The highest BCUT2D eigenvalue weighted by molar-refractivity contribution is 14.0. The molecule has 0 aromatic rings. The number of rotatable bonds is 11. The van der Waals surface area contributed by atoms with Gasteiger partial charge in [0.1, 0.15) is 0 Å². The first-order valence-corrected chi connectivity index (χ1v) is 10.5. The fourth-order valence-corrected chi connectivity index (χ4v) is 3.57. The van der Waals surface area contributed by atoms with Gasteiger partial charge in [-0.3, -0.25) is 9.79 Å². The maximum absolute atomic E-state index is 12.1. The topological polar surface area (TPSA) is 85.8 Å². The quantitative estimate of drug-likeness (QED) is 0.153. The Labute approximate surface area is 182 Å². The Morgan fingerprint density at radius 3 is 2.37 bits per heavy atom. The van der Waals surface area contributed by atoms with Crippen molar-refractivity contribution in [2.75, 3.05) is 32.8 Å².